The average Bonchev–Trinajstić information content (AvgIpc) is 2.53. The number of benzene rings is 1. The number of methoxy groups -OCH3 is 1. The number of hydrazine groups is 1. The van der Waals surface area contributed by atoms with E-state index >= 15 is 0 Å². The lowest BCUT2D eigenvalue weighted by Crippen LogP contribution is -2.38. The molecule has 0 amide bonds. The van der Waals surface area contributed by atoms with E-state index in [-0.39, 0.29) is 17.2 Å². The van der Waals surface area contributed by atoms with E-state index in [1.54, 1.807) is 29.4 Å². The quantitative estimate of drug-likeness (QED) is 0.810. The summed E-state index contributed by atoms with van der Waals surface area (Å²) in [6, 6.07) is 7.38. The third-order valence-corrected chi connectivity index (χ3v) is 2.99. The van der Waals surface area contributed by atoms with E-state index in [1.807, 2.05) is 38.4 Å². The van der Waals surface area contributed by atoms with Gasteiger partial charge in [-0.1, -0.05) is 12.1 Å². The minimum Gasteiger partial charge on any atom is -0.506 e. The van der Waals surface area contributed by atoms with Crippen LogP contribution in [0.2, 0.25) is 0 Å². The predicted molar refractivity (Wildman–Crippen MR) is 85.2 cm³/mol. The van der Waals surface area contributed by atoms with Crippen molar-refractivity contribution in [1.29, 1.82) is 0 Å². The highest BCUT2D eigenvalue weighted by Crippen LogP contribution is 2.28. The summed E-state index contributed by atoms with van der Waals surface area (Å²) in [5.41, 5.74) is 3.73. The van der Waals surface area contributed by atoms with Gasteiger partial charge in [0.15, 0.2) is 0 Å². The molecule has 0 saturated heterocycles. The van der Waals surface area contributed by atoms with Crippen LogP contribution in [-0.4, -0.2) is 37.0 Å². The Bertz CT molecular complexity index is 648. The van der Waals surface area contributed by atoms with E-state index in [9.17, 15) is 9.90 Å². The van der Waals surface area contributed by atoms with Gasteiger partial charge in [-0.05, 0) is 12.1 Å². The van der Waals surface area contributed by atoms with Crippen molar-refractivity contribution >= 4 is 11.5 Å². The SMILES string of the molecule is COc1ccccc1N1C=CC(O)=C(C(=O)C=CN(C)C)N1. The third kappa shape index (κ3) is 3.41. The summed E-state index contributed by atoms with van der Waals surface area (Å²) in [4.78, 5) is 13.9. The summed E-state index contributed by atoms with van der Waals surface area (Å²) in [6.45, 7) is 0. The molecule has 0 unspecified atom stereocenters. The molecule has 0 bridgehead atoms. The number of hydrogen-bond acceptors (Lipinski definition) is 6. The van der Waals surface area contributed by atoms with Crippen molar-refractivity contribution in [3.8, 4) is 5.75 Å². The Balaban J connectivity index is 2.25. The van der Waals surface area contributed by atoms with E-state index in [0.717, 1.165) is 5.69 Å². The van der Waals surface area contributed by atoms with Gasteiger partial charge in [-0.2, -0.15) is 0 Å². The molecule has 6 nitrogen and oxygen atoms in total. The summed E-state index contributed by atoms with van der Waals surface area (Å²) in [6.07, 6.45) is 6.09. The molecule has 0 radical (unpaired) electrons. The van der Waals surface area contributed by atoms with Crippen LogP contribution in [0.25, 0.3) is 0 Å². The summed E-state index contributed by atoms with van der Waals surface area (Å²) in [7, 11) is 5.20. The van der Waals surface area contributed by atoms with Crippen molar-refractivity contribution in [3.05, 3.63) is 60.3 Å². The van der Waals surface area contributed by atoms with Crippen LogP contribution in [0.1, 0.15) is 0 Å². The number of rotatable bonds is 5. The normalized spacial score (nSPS) is 14.2. The second kappa shape index (κ2) is 6.71. The zero-order valence-corrected chi connectivity index (χ0v) is 12.8. The molecule has 2 N–H and O–H groups in total. The van der Waals surface area contributed by atoms with E-state index in [2.05, 4.69) is 5.43 Å². The van der Waals surface area contributed by atoms with Crippen LogP contribution >= 0.6 is 0 Å². The molecule has 1 aliphatic rings. The topological polar surface area (TPSA) is 65.0 Å². The van der Waals surface area contributed by atoms with Gasteiger partial charge in [0.2, 0.25) is 5.78 Å². The first-order chi connectivity index (χ1) is 10.5. The Labute approximate surface area is 129 Å². The first kappa shape index (κ1) is 15.5. The number of allylic oxidation sites excluding steroid dienone is 2. The molecule has 116 valence electrons. The van der Waals surface area contributed by atoms with Gasteiger partial charge in [0.1, 0.15) is 22.9 Å². The zero-order chi connectivity index (χ0) is 16.1. The zero-order valence-electron chi connectivity index (χ0n) is 12.8. The molecule has 0 fully saturated rings. The smallest absolute Gasteiger partial charge is 0.208 e. The number of nitrogens with one attached hydrogen (secondary N) is 1. The molecule has 0 atom stereocenters. The number of hydrogen-bond donors (Lipinski definition) is 2. The minimum absolute atomic E-state index is 0.103. The number of para-hydroxylation sites is 2. The first-order valence-electron chi connectivity index (χ1n) is 6.72. The molecular weight excluding hydrogens is 282 g/mol. The maximum absolute atomic E-state index is 12.2. The van der Waals surface area contributed by atoms with Gasteiger partial charge in [-0.25, -0.2) is 0 Å². The lowest BCUT2D eigenvalue weighted by Gasteiger charge is -2.27. The number of anilines is 1. The fraction of sp³-hybridized carbons (Fsp3) is 0.188. The second-order valence-electron chi connectivity index (χ2n) is 4.87. The third-order valence-electron chi connectivity index (χ3n) is 2.99. The Kier molecular flexibility index (Phi) is 4.73. The number of nitrogens with zero attached hydrogens (tertiary/aromatic N) is 2. The van der Waals surface area contributed by atoms with Crippen LogP contribution in [0.15, 0.2) is 60.3 Å². The van der Waals surface area contributed by atoms with Crippen LogP contribution in [0.4, 0.5) is 5.69 Å². The molecule has 2 rings (SSSR count). The number of aliphatic hydroxyl groups excluding tert-OH is 1. The fourth-order valence-corrected chi connectivity index (χ4v) is 1.89. The summed E-state index contributed by atoms with van der Waals surface area (Å²) in [5.74, 6) is 0.215. The average molecular weight is 301 g/mol. The van der Waals surface area contributed by atoms with Crippen LogP contribution < -0.4 is 15.2 Å². The molecule has 1 aromatic rings. The van der Waals surface area contributed by atoms with Gasteiger partial charge in [0.25, 0.3) is 0 Å². The van der Waals surface area contributed by atoms with Crippen molar-refractivity contribution in [1.82, 2.24) is 10.3 Å². The monoisotopic (exact) mass is 301 g/mol. The Morgan fingerprint density at radius 3 is 2.77 bits per heavy atom. The highest BCUT2D eigenvalue weighted by atomic mass is 16.5. The molecule has 6 heteroatoms. The molecule has 0 aliphatic carbocycles. The Hall–Kier alpha value is -2.89. The molecule has 1 aromatic carbocycles. The maximum atomic E-state index is 12.2. The van der Waals surface area contributed by atoms with Crippen molar-refractivity contribution in [3.63, 3.8) is 0 Å². The number of ether oxygens (including phenoxy) is 1. The molecule has 0 aromatic heterocycles. The highest BCUT2D eigenvalue weighted by molar-refractivity contribution is 6.04. The minimum atomic E-state index is -0.324. The second-order valence-corrected chi connectivity index (χ2v) is 4.87. The first-order valence-corrected chi connectivity index (χ1v) is 6.72. The molecule has 0 spiro atoms. The van der Waals surface area contributed by atoms with Crippen LogP contribution in [0.5, 0.6) is 5.75 Å². The standard InChI is InChI=1S/C16H19N3O3/c1-18(2)10-8-13(20)16-14(21)9-11-19(17-16)12-6-4-5-7-15(12)22-3/h4-11,17,21H,1-3H3. The van der Waals surface area contributed by atoms with E-state index < -0.39 is 0 Å². The lowest BCUT2D eigenvalue weighted by molar-refractivity contribution is -0.111. The summed E-state index contributed by atoms with van der Waals surface area (Å²) < 4.78 is 5.30. The molecule has 1 heterocycles. The summed E-state index contributed by atoms with van der Waals surface area (Å²) in [5, 5.41) is 11.5. The van der Waals surface area contributed by atoms with Crippen molar-refractivity contribution < 1.29 is 14.6 Å². The van der Waals surface area contributed by atoms with Gasteiger partial charge in [-0.15, -0.1) is 0 Å². The van der Waals surface area contributed by atoms with Crippen molar-refractivity contribution in [2.24, 2.45) is 0 Å². The van der Waals surface area contributed by atoms with E-state index in [1.165, 1.54) is 12.2 Å². The number of carbonyl (C=O) groups excluding carboxylic acids is 1. The highest BCUT2D eigenvalue weighted by Gasteiger charge is 2.20. The van der Waals surface area contributed by atoms with Gasteiger partial charge < -0.3 is 14.7 Å². The van der Waals surface area contributed by atoms with Gasteiger partial charge in [-0.3, -0.25) is 15.2 Å². The van der Waals surface area contributed by atoms with E-state index in [4.69, 9.17) is 4.74 Å². The van der Waals surface area contributed by atoms with Crippen molar-refractivity contribution in [2.45, 2.75) is 0 Å². The molecule has 1 aliphatic heterocycles. The van der Waals surface area contributed by atoms with Crippen molar-refractivity contribution in [2.75, 3.05) is 26.2 Å². The number of aliphatic hydroxyl groups is 1. The molecular formula is C16H19N3O3. The van der Waals surface area contributed by atoms with Gasteiger partial charge in [0, 0.05) is 38.6 Å². The Morgan fingerprint density at radius 2 is 2.09 bits per heavy atom. The lowest BCUT2D eigenvalue weighted by atomic mass is 10.2. The number of ketones is 1. The fourth-order valence-electron chi connectivity index (χ4n) is 1.89. The summed E-state index contributed by atoms with van der Waals surface area (Å²) >= 11 is 0. The Morgan fingerprint density at radius 1 is 1.36 bits per heavy atom. The van der Waals surface area contributed by atoms with Crippen LogP contribution in [0.3, 0.4) is 0 Å². The van der Waals surface area contributed by atoms with Crippen LogP contribution in [-0.2, 0) is 4.79 Å². The number of carbonyl (C=O) groups is 1. The molecule has 22 heavy (non-hydrogen) atoms. The van der Waals surface area contributed by atoms with Gasteiger partial charge >= 0.3 is 0 Å². The predicted octanol–water partition coefficient (Wildman–Crippen LogP) is 1.95. The largest absolute Gasteiger partial charge is 0.506 e. The molecule has 0 saturated carbocycles. The van der Waals surface area contributed by atoms with Crippen LogP contribution in [0, 0.1) is 0 Å². The van der Waals surface area contributed by atoms with Gasteiger partial charge in [0.05, 0.1) is 7.11 Å². The maximum Gasteiger partial charge on any atom is 0.208 e. The van der Waals surface area contributed by atoms with E-state index in [0.29, 0.717) is 5.75 Å².